The van der Waals surface area contributed by atoms with Crippen LogP contribution >= 0.6 is 11.6 Å². The number of amides is 2. The Hall–Kier alpha value is -3.64. The van der Waals surface area contributed by atoms with Crippen LogP contribution in [0, 0.1) is 0 Å². The maximum absolute atomic E-state index is 13.1. The molecule has 3 aromatic carbocycles. The van der Waals surface area contributed by atoms with Gasteiger partial charge >= 0.3 is 5.97 Å². The van der Waals surface area contributed by atoms with E-state index < -0.39 is 24.0 Å². The first-order valence-corrected chi connectivity index (χ1v) is 12.0. The molecule has 0 aromatic heterocycles. The van der Waals surface area contributed by atoms with E-state index in [9.17, 15) is 14.4 Å². The number of hydrogen-bond acceptors (Lipinski definition) is 4. The number of halogens is 1. The largest absolute Gasteiger partial charge is 0.452 e. The number of fused-ring (bicyclic) bond motifs is 1. The standard InChI is InChI=1S/C28H27ClN2O4/c1-19(28(34)31-17-9-13-21-12-5-8-16-25(21)31)35-26(32)18-24(20-10-3-2-4-11-20)30-27(33)22-14-6-7-15-23(22)29/h2-8,10-12,14-16,19,24H,9,13,17-18H2,1H3,(H,30,33). The van der Waals surface area contributed by atoms with Gasteiger partial charge in [0.05, 0.1) is 23.0 Å². The zero-order valence-corrected chi connectivity index (χ0v) is 20.2. The predicted molar refractivity (Wildman–Crippen MR) is 135 cm³/mol. The van der Waals surface area contributed by atoms with Crippen molar-refractivity contribution in [2.75, 3.05) is 11.4 Å². The normalized spacial score (nSPS) is 14.4. The van der Waals surface area contributed by atoms with Crippen molar-refractivity contribution < 1.29 is 19.1 Å². The number of para-hydroxylation sites is 1. The molecular weight excluding hydrogens is 464 g/mol. The van der Waals surface area contributed by atoms with Gasteiger partial charge in [-0.1, -0.05) is 72.3 Å². The summed E-state index contributed by atoms with van der Waals surface area (Å²) < 4.78 is 5.54. The minimum absolute atomic E-state index is 0.131. The SMILES string of the molecule is CC(OC(=O)CC(NC(=O)c1ccccc1Cl)c1ccccc1)C(=O)N1CCCc2ccccc21. The monoisotopic (exact) mass is 490 g/mol. The van der Waals surface area contributed by atoms with Crippen LogP contribution in [0.3, 0.4) is 0 Å². The Morgan fingerprint density at radius 1 is 0.971 bits per heavy atom. The lowest BCUT2D eigenvalue weighted by molar-refractivity contribution is -0.154. The van der Waals surface area contributed by atoms with Crippen molar-refractivity contribution in [1.82, 2.24) is 5.32 Å². The summed E-state index contributed by atoms with van der Waals surface area (Å²) in [4.78, 5) is 40.6. The summed E-state index contributed by atoms with van der Waals surface area (Å²) in [5.41, 5.74) is 3.03. The second-order valence-corrected chi connectivity index (χ2v) is 8.88. The molecule has 7 heteroatoms. The molecule has 0 saturated carbocycles. The minimum atomic E-state index is -0.954. The summed E-state index contributed by atoms with van der Waals surface area (Å²) in [7, 11) is 0. The van der Waals surface area contributed by atoms with E-state index >= 15 is 0 Å². The summed E-state index contributed by atoms with van der Waals surface area (Å²) in [5, 5.41) is 3.20. The first kappa shape index (κ1) is 24.5. The van der Waals surface area contributed by atoms with Crippen molar-refractivity contribution in [3.05, 3.63) is 101 Å². The van der Waals surface area contributed by atoms with Gasteiger partial charge in [-0.3, -0.25) is 14.4 Å². The van der Waals surface area contributed by atoms with E-state index in [0.29, 0.717) is 17.1 Å². The van der Waals surface area contributed by atoms with E-state index in [2.05, 4.69) is 5.32 Å². The molecular formula is C28H27ClN2O4. The third kappa shape index (κ3) is 5.89. The molecule has 0 saturated heterocycles. The fraction of sp³-hybridized carbons (Fsp3) is 0.250. The van der Waals surface area contributed by atoms with Gasteiger partial charge in [-0.25, -0.2) is 0 Å². The van der Waals surface area contributed by atoms with Crippen molar-refractivity contribution in [3.63, 3.8) is 0 Å². The van der Waals surface area contributed by atoms with E-state index in [1.54, 1.807) is 36.1 Å². The molecule has 0 bridgehead atoms. The van der Waals surface area contributed by atoms with Crippen LogP contribution in [-0.2, 0) is 20.7 Å². The number of nitrogens with zero attached hydrogens (tertiary/aromatic N) is 1. The number of carbonyl (C=O) groups excluding carboxylic acids is 3. The Morgan fingerprint density at radius 2 is 1.66 bits per heavy atom. The van der Waals surface area contributed by atoms with Gasteiger partial charge in [-0.2, -0.15) is 0 Å². The molecule has 1 N–H and O–H groups in total. The van der Waals surface area contributed by atoms with Crippen molar-refractivity contribution in [2.24, 2.45) is 0 Å². The second kappa shape index (κ2) is 11.2. The zero-order valence-electron chi connectivity index (χ0n) is 19.4. The van der Waals surface area contributed by atoms with E-state index in [1.165, 1.54) is 0 Å². The molecule has 0 spiro atoms. The smallest absolute Gasteiger partial charge is 0.309 e. The number of carbonyl (C=O) groups is 3. The molecule has 1 heterocycles. The molecule has 2 atom stereocenters. The highest BCUT2D eigenvalue weighted by Crippen LogP contribution is 2.28. The average molecular weight is 491 g/mol. The summed E-state index contributed by atoms with van der Waals surface area (Å²) in [6.45, 7) is 2.16. The third-order valence-electron chi connectivity index (χ3n) is 6.03. The molecule has 0 fully saturated rings. The van der Waals surface area contributed by atoms with Crippen molar-refractivity contribution >= 4 is 35.1 Å². The maximum Gasteiger partial charge on any atom is 0.309 e. The number of benzene rings is 3. The lowest BCUT2D eigenvalue weighted by Crippen LogP contribution is -2.43. The minimum Gasteiger partial charge on any atom is -0.452 e. The van der Waals surface area contributed by atoms with Crippen LogP contribution in [0.15, 0.2) is 78.9 Å². The molecule has 3 aromatic rings. The Labute approximate surface area is 209 Å². The molecule has 1 aliphatic heterocycles. The fourth-order valence-electron chi connectivity index (χ4n) is 4.26. The van der Waals surface area contributed by atoms with E-state index in [0.717, 1.165) is 29.7 Å². The first-order valence-electron chi connectivity index (χ1n) is 11.6. The van der Waals surface area contributed by atoms with Gasteiger partial charge in [0.1, 0.15) is 0 Å². The summed E-state index contributed by atoms with van der Waals surface area (Å²) in [6.07, 6.45) is 0.685. The number of ether oxygens (including phenoxy) is 1. The third-order valence-corrected chi connectivity index (χ3v) is 6.36. The molecule has 4 rings (SSSR count). The number of esters is 1. The number of aryl methyl sites for hydroxylation is 1. The predicted octanol–water partition coefficient (Wildman–Crippen LogP) is 5.11. The lowest BCUT2D eigenvalue weighted by Gasteiger charge is -2.31. The number of hydrogen-bond donors (Lipinski definition) is 1. The van der Waals surface area contributed by atoms with Crippen LogP contribution < -0.4 is 10.2 Å². The van der Waals surface area contributed by atoms with Crippen LogP contribution in [-0.4, -0.2) is 30.4 Å². The maximum atomic E-state index is 13.1. The number of anilines is 1. The van der Waals surface area contributed by atoms with Gasteiger partial charge in [0.15, 0.2) is 6.10 Å². The lowest BCUT2D eigenvalue weighted by atomic mass is 10.0. The number of rotatable bonds is 7. The van der Waals surface area contributed by atoms with Gasteiger partial charge in [0.2, 0.25) is 0 Å². The Kier molecular flexibility index (Phi) is 7.83. The highest BCUT2D eigenvalue weighted by Gasteiger charge is 2.29. The van der Waals surface area contributed by atoms with E-state index in [4.69, 9.17) is 16.3 Å². The van der Waals surface area contributed by atoms with Crippen LogP contribution in [0.2, 0.25) is 5.02 Å². The summed E-state index contributed by atoms with van der Waals surface area (Å²) in [6, 6.07) is 23.0. The highest BCUT2D eigenvalue weighted by molar-refractivity contribution is 6.33. The van der Waals surface area contributed by atoms with Crippen LogP contribution in [0.5, 0.6) is 0 Å². The average Bonchev–Trinajstić information content (AvgIpc) is 2.88. The van der Waals surface area contributed by atoms with E-state index in [-0.39, 0.29) is 12.3 Å². The molecule has 35 heavy (non-hydrogen) atoms. The topological polar surface area (TPSA) is 75.7 Å². The quantitative estimate of drug-likeness (QED) is 0.467. The van der Waals surface area contributed by atoms with Gasteiger partial charge in [0, 0.05) is 12.2 Å². The van der Waals surface area contributed by atoms with Crippen molar-refractivity contribution in [2.45, 2.75) is 38.3 Å². The number of nitrogens with one attached hydrogen (secondary N) is 1. The van der Waals surface area contributed by atoms with Crippen molar-refractivity contribution in [1.29, 1.82) is 0 Å². The van der Waals surface area contributed by atoms with Gasteiger partial charge in [-0.15, -0.1) is 0 Å². The molecule has 2 unspecified atom stereocenters. The van der Waals surface area contributed by atoms with Crippen LogP contribution in [0.25, 0.3) is 0 Å². The van der Waals surface area contributed by atoms with Crippen LogP contribution in [0.1, 0.15) is 47.3 Å². The Morgan fingerprint density at radius 3 is 2.43 bits per heavy atom. The summed E-state index contributed by atoms with van der Waals surface area (Å²) in [5.74, 6) is -1.24. The molecule has 1 aliphatic rings. The van der Waals surface area contributed by atoms with Crippen molar-refractivity contribution in [3.8, 4) is 0 Å². The Balaban J connectivity index is 1.45. The molecule has 180 valence electrons. The zero-order chi connectivity index (χ0) is 24.8. The van der Waals surface area contributed by atoms with Gasteiger partial charge in [0.25, 0.3) is 11.8 Å². The van der Waals surface area contributed by atoms with Gasteiger partial charge in [-0.05, 0) is 49.1 Å². The molecule has 0 aliphatic carbocycles. The van der Waals surface area contributed by atoms with Crippen LogP contribution in [0.4, 0.5) is 5.69 Å². The summed E-state index contributed by atoms with van der Waals surface area (Å²) >= 11 is 6.17. The first-order chi connectivity index (χ1) is 16.9. The van der Waals surface area contributed by atoms with E-state index in [1.807, 2.05) is 54.6 Å². The van der Waals surface area contributed by atoms with Gasteiger partial charge < -0.3 is 15.0 Å². The second-order valence-electron chi connectivity index (χ2n) is 8.47. The fourth-order valence-corrected chi connectivity index (χ4v) is 4.48. The molecule has 0 radical (unpaired) electrons. The molecule has 2 amide bonds. The Bertz CT molecular complexity index is 1210. The molecule has 6 nitrogen and oxygen atoms in total. The highest BCUT2D eigenvalue weighted by atomic mass is 35.5.